The van der Waals surface area contributed by atoms with Crippen molar-refractivity contribution >= 4 is 18.0 Å². The van der Waals surface area contributed by atoms with Gasteiger partial charge < -0.3 is 14.2 Å². The van der Waals surface area contributed by atoms with Gasteiger partial charge in [0.1, 0.15) is 5.82 Å². The van der Waals surface area contributed by atoms with E-state index >= 15 is 0 Å². The molecule has 7 nitrogen and oxygen atoms in total. The molecule has 0 aromatic carbocycles. The minimum absolute atomic E-state index is 0.0360. The van der Waals surface area contributed by atoms with E-state index in [0.29, 0.717) is 0 Å². The van der Waals surface area contributed by atoms with Crippen molar-refractivity contribution in [3.63, 3.8) is 0 Å². The van der Waals surface area contributed by atoms with Crippen molar-refractivity contribution < 1.29 is 14.3 Å². The highest BCUT2D eigenvalue weighted by atomic mass is 16.5. The van der Waals surface area contributed by atoms with Gasteiger partial charge in [-0.15, -0.1) is 0 Å². The Bertz CT molecular complexity index is 942. The Morgan fingerprint density at radius 2 is 1.68 bits per heavy atom. The summed E-state index contributed by atoms with van der Waals surface area (Å²) in [6.07, 6.45) is 4.06. The van der Waals surface area contributed by atoms with Crippen LogP contribution in [0, 0.1) is 13.8 Å². The lowest BCUT2D eigenvalue weighted by atomic mass is 10.2. The van der Waals surface area contributed by atoms with Gasteiger partial charge >= 0.3 is 5.97 Å². The summed E-state index contributed by atoms with van der Waals surface area (Å²) in [5.74, 6) is 0.256. The number of ether oxygens (including phenoxy) is 1. The molecule has 0 saturated heterocycles. The summed E-state index contributed by atoms with van der Waals surface area (Å²) in [5.41, 5.74) is 2.95. The zero-order valence-corrected chi connectivity index (χ0v) is 20.2. The van der Waals surface area contributed by atoms with E-state index in [2.05, 4.69) is 23.5 Å². The number of aryl methyl sites for hydroxylation is 1. The molecule has 0 bridgehead atoms. The molecule has 7 heteroatoms. The van der Waals surface area contributed by atoms with Crippen LogP contribution in [-0.2, 0) is 14.3 Å². The standard InChI is InChI=1S/C24H36N4O3/c1-15(2)26(16(3)4)24(30)20(9)31-23(29)11-10-21-14-18(7)27(19(21)8)22-12-13-25-28(22)17(5)6/h10-17,20H,1-9H3/b11-10+/t20-/m1/s1. The summed E-state index contributed by atoms with van der Waals surface area (Å²) in [4.78, 5) is 26.8. The van der Waals surface area contributed by atoms with Gasteiger partial charge in [-0.05, 0) is 80.0 Å². The Kier molecular flexibility index (Phi) is 7.87. The van der Waals surface area contributed by atoms with Gasteiger partial charge in [0.15, 0.2) is 6.10 Å². The average molecular weight is 429 g/mol. The number of carbonyl (C=O) groups excluding carboxylic acids is 2. The third-order valence-electron chi connectivity index (χ3n) is 5.24. The maximum absolute atomic E-state index is 12.7. The van der Waals surface area contributed by atoms with Crippen molar-refractivity contribution in [2.45, 2.75) is 86.5 Å². The molecular formula is C24H36N4O3. The van der Waals surface area contributed by atoms with Gasteiger partial charge in [-0.3, -0.25) is 4.79 Å². The zero-order valence-electron chi connectivity index (χ0n) is 20.2. The molecule has 2 aromatic rings. The highest BCUT2D eigenvalue weighted by molar-refractivity contribution is 5.90. The van der Waals surface area contributed by atoms with Crippen LogP contribution in [0.5, 0.6) is 0 Å². The molecule has 0 N–H and O–H groups in total. The summed E-state index contributed by atoms with van der Waals surface area (Å²) < 4.78 is 9.46. The van der Waals surface area contributed by atoms with E-state index in [-0.39, 0.29) is 24.0 Å². The number of rotatable bonds is 8. The quantitative estimate of drug-likeness (QED) is 0.460. The molecule has 2 rings (SSSR count). The topological polar surface area (TPSA) is 69.4 Å². The van der Waals surface area contributed by atoms with Gasteiger partial charge in [-0.25, -0.2) is 9.48 Å². The molecular weight excluding hydrogens is 392 g/mol. The summed E-state index contributed by atoms with van der Waals surface area (Å²) in [5, 5.41) is 4.41. The molecule has 0 saturated carbocycles. The lowest BCUT2D eigenvalue weighted by Gasteiger charge is -2.32. The van der Waals surface area contributed by atoms with Crippen LogP contribution >= 0.6 is 0 Å². The third-order valence-corrected chi connectivity index (χ3v) is 5.24. The van der Waals surface area contributed by atoms with Crippen LogP contribution in [0.4, 0.5) is 0 Å². The minimum Gasteiger partial charge on any atom is -0.449 e. The number of amides is 1. The molecule has 0 spiro atoms. The van der Waals surface area contributed by atoms with Gasteiger partial charge in [0.25, 0.3) is 5.91 Å². The van der Waals surface area contributed by atoms with Crippen molar-refractivity contribution in [2.75, 3.05) is 0 Å². The second-order valence-corrected chi connectivity index (χ2v) is 8.74. The predicted molar refractivity (Wildman–Crippen MR) is 123 cm³/mol. The van der Waals surface area contributed by atoms with Crippen LogP contribution in [0.1, 0.15) is 71.5 Å². The van der Waals surface area contributed by atoms with Crippen molar-refractivity contribution in [2.24, 2.45) is 0 Å². The molecule has 0 aliphatic heterocycles. The van der Waals surface area contributed by atoms with Crippen LogP contribution in [-0.4, -0.2) is 49.3 Å². The second-order valence-electron chi connectivity index (χ2n) is 8.74. The summed E-state index contributed by atoms with van der Waals surface area (Å²) in [6.45, 7) is 17.6. The van der Waals surface area contributed by atoms with Crippen molar-refractivity contribution in [1.82, 2.24) is 19.2 Å². The van der Waals surface area contributed by atoms with Crippen LogP contribution in [0.25, 0.3) is 11.9 Å². The van der Waals surface area contributed by atoms with Crippen molar-refractivity contribution in [1.29, 1.82) is 0 Å². The lowest BCUT2D eigenvalue weighted by molar-refractivity contribution is -0.157. The van der Waals surface area contributed by atoms with Crippen LogP contribution < -0.4 is 0 Å². The van der Waals surface area contributed by atoms with E-state index < -0.39 is 12.1 Å². The van der Waals surface area contributed by atoms with Crippen molar-refractivity contribution in [3.8, 4) is 5.82 Å². The van der Waals surface area contributed by atoms with Gasteiger partial charge in [-0.2, -0.15) is 5.10 Å². The Morgan fingerprint density at radius 3 is 2.23 bits per heavy atom. The van der Waals surface area contributed by atoms with Gasteiger partial charge in [0.05, 0.1) is 6.20 Å². The van der Waals surface area contributed by atoms with E-state index in [0.717, 1.165) is 22.8 Å². The van der Waals surface area contributed by atoms with Gasteiger partial charge in [0, 0.05) is 41.7 Å². The molecule has 1 amide bonds. The average Bonchev–Trinajstić information content (AvgIpc) is 3.23. The summed E-state index contributed by atoms with van der Waals surface area (Å²) in [7, 11) is 0. The molecule has 0 aliphatic rings. The minimum atomic E-state index is -0.838. The molecule has 0 aliphatic carbocycles. The number of aromatic nitrogens is 3. The summed E-state index contributed by atoms with van der Waals surface area (Å²) >= 11 is 0. The highest BCUT2D eigenvalue weighted by Gasteiger charge is 2.27. The first-order valence-electron chi connectivity index (χ1n) is 10.9. The Balaban J connectivity index is 2.16. The van der Waals surface area contributed by atoms with E-state index in [4.69, 9.17) is 4.74 Å². The lowest BCUT2D eigenvalue weighted by Crippen LogP contribution is -2.47. The maximum atomic E-state index is 12.7. The maximum Gasteiger partial charge on any atom is 0.331 e. The first-order valence-corrected chi connectivity index (χ1v) is 10.9. The van der Waals surface area contributed by atoms with Gasteiger partial charge in [0.2, 0.25) is 0 Å². The largest absolute Gasteiger partial charge is 0.449 e. The summed E-state index contributed by atoms with van der Waals surface area (Å²) in [6, 6.07) is 4.30. The van der Waals surface area contributed by atoms with Gasteiger partial charge in [-0.1, -0.05) is 0 Å². The molecule has 0 fully saturated rings. The predicted octanol–water partition coefficient (Wildman–Crippen LogP) is 4.46. The Labute approximate surface area is 185 Å². The van der Waals surface area contributed by atoms with Crippen molar-refractivity contribution in [3.05, 3.63) is 41.4 Å². The smallest absolute Gasteiger partial charge is 0.331 e. The molecule has 1 atom stereocenters. The van der Waals surface area contributed by atoms with E-state index in [1.165, 1.54) is 6.08 Å². The molecule has 0 radical (unpaired) electrons. The van der Waals surface area contributed by atoms with E-state index in [1.807, 2.05) is 58.4 Å². The molecule has 2 heterocycles. The second kappa shape index (κ2) is 9.98. The SMILES string of the molecule is Cc1cc(/C=C/C(=O)O[C@H](C)C(=O)N(C(C)C)C(C)C)c(C)n1-c1ccnn1C(C)C. The Hall–Kier alpha value is -2.83. The highest BCUT2D eigenvalue weighted by Crippen LogP contribution is 2.23. The first-order chi connectivity index (χ1) is 14.5. The van der Waals surface area contributed by atoms with Crippen LogP contribution in [0.15, 0.2) is 24.4 Å². The molecule has 170 valence electrons. The zero-order chi connectivity index (χ0) is 23.5. The van der Waals surface area contributed by atoms with Crippen LogP contribution in [0.2, 0.25) is 0 Å². The fraction of sp³-hybridized carbons (Fsp3) is 0.542. The number of hydrogen-bond acceptors (Lipinski definition) is 4. The molecule has 31 heavy (non-hydrogen) atoms. The normalized spacial score (nSPS) is 12.9. The monoisotopic (exact) mass is 428 g/mol. The number of nitrogens with zero attached hydrogens (tertiary/aromatic N) is 4. The number of hydrogen-bond donors (Lipinski definition) is 0. The fourth-order valence-electron chi connectivity index (χ4n) is 3.93. The van der Waals surface area contributed by atoms with E-state index in [9.17, 15) is 9.59 Å². The molecule has 2 aromatic heterocycles. The first kappa shape index (κ1) is 24.4. The van der Waals surface area contributed by atoms with Crippen LogP contribution in [0.3, 0.4) is 0 Å². The number of esters is 1. The Morgan fingerprint density at radius 1 is 1.06 bits per heavy atom. The van der Waals surface area contributed by atoms with E-state index in [1.54, 1.807) is 24.1 Å². The fourth-order valence-corrected chi connectivity index (χ4v) is 3.93. The molecule has 0 unspecified atom stereocenters. The third kappa shape index (κ3) is 5.46. The number of carbonyl (C=O) groups is 2.